The number of carbonyl (C=O) groups excluding carboxylic acids is 1. The van der Waals surface area contributed by atoms with E-state index in [1.807, 2.05) is 0 Å². The first kappa shape index (κ1) is 25.5. The van der Waals surface area contributed by atoms with Gasteiger partial charge in [0.2, 0.25) is 0 Å². The van der Waals surface area contributed by atoms with Gasteiger partial charge in [0, 0.05) is 29.2 Å². The van der Waals surface area contributed by atoms with Crippen LogP contribution in [0.4, 0.5) is 24.8 Å². The van der Waals surface area contributed by atoms with Gasteiger partial charge < -0.3 is 9.69 Å². The van der Waals surface area contributed by atoms with Gasteiger partial charge in [-0.1, -0.05) is 49.6 Å². The third kappa shape index (κ3) is 7.59. The minimum Gasteiger partial charge on any atom is -0.357 e. The lowest BCUT2D eigenvalue weighted by atomic mass is 9.96. The van der Waals surface area contributed by atoms with Gasteiger partial charge in [-0.2, -0.15) is 21.6 Å². The van der Waals surface area contributed by atoms with E-state index in [0.717, 1.165) is 12.1 Å². The molecule has 11 heteroatoms. The van der Waals surface area contributed by atoms with Crippen LogP contribution in [0.5, 0.6) is 0 Å². The highest BCUT2D eigenvalue weighted by atomic mass is 32.2. The molecule has 4 rings (SSSR count). The van der Waals surface area contributed by atoms with Gasteiger partial charge in [0.1, 0.15) is 17.4 Å². The highest BCUT2D eigenvalue weighted by Crippen LogP contribution is 2.38. The van der Waals surface area contributed by atoms with Crippen LogP contribution in [0.2, 0.25) is 0 Å². The molecule has 1 aliphatic rings. The van der Waals surface area contributed by atoms with E-state index in [2.05, 4.69) is 14.7 Å². The number of halogens is 3. The molecule has 0 radical (unpaired) electrons. The zero-order valence-electron chi connectivity index (χ0n) is 25.0. The van der Waals surface area contributed by atoms with Crippen LogP contribution in [0.1, 0.15) is 67.1 Å². The number of pyridine rings is 2. The lowest BCUT2D eigenvalue weighted by Crippen LogP contribution is -2.28. The van der Waals surface area contributed by atoms with Crippen molar-refractivity contribution >= 4 is 27.4 Å². The zero-order chi connectivity index (χ0) is 31.4. The summed E-state index contributed by atoms with van der Waals surface area (Å²) in [6.45, 7) is 0.888. The number of alkyl halides is 3. The molecule has 1 N–H and O–H groups in total. The number of aryl methyl sites for hydroxylation is 1. The molecule has 3 aromatic rings. The van der Waals surface area contributed by atoms with Crippen LogP contribution < -0.4 is 9.62 Å². The normalized spacial score (nSPS) is 21.8. The second-order valence-corrected chi connectivity index (χ2v) is 11.1. The molecule has 7 nitrogen and oxygen atoms in total. The second kappa shape index (κ2) is 12.8. The van der Waals surface area contributed by atoms with E-state index < -0.39 is 51.8 Å². The van der Waals surface area contributed by atoms with E-state index >= 15 is 0 Å². The average molecular weight is 578 g/mol. The van der Waals surface area contributed by atoms with E-state index in [9.17, 15) is 26.4 Å². The van der Waals surface area contributed by atoms with Crippen molar-refractivity contribution in [3.63, 3.8) is 0 Å². The fourth-order valence-electron chi connectivity index (χ4n) is 4.37. The Labute approximate surface area is 237 Å². The Balaban J connectivity index is 1.83. The van der Waals surface area contributed by atoms with Crippen molar-refractivity contribution < 1.29 is 30.5 Å². The monoisotopic (exact) mass is 577 g/mol. The maximum absolute atomic E-state index is 14.1. The summed E-state index contributed by atoms with van der Waals surface area (Å²) in [7, 11) is -4.43. The van der Waals surface area contributed by atoms with Gasteiger partial charge in [-0.05, 0) is 62.4 Å². The van der Waals surface area contributed by atoms with E-state index in [4.69, 9.17) is 4.11 Å². The molecule has 0 fully saturated rings. The number of Topliss-reactive ketones (excluding diaryl/α,β-unsaturated/α-hetero) is 1. The number of hydrogen-bond donors (Lipinski definition) is 1. The summed E-state index contributed by atoms with van der Waals surface area (Å²) in [6, 6.07) is 11.9. The molecule has 0 spiro atoms. The van der Waals surface area contributed by atoms with Gasteiger partial charge in [-0.3, -0.25) is 4.72 Å². The Morgan fingerprint density at radius 2 is 1.82 bits per heavy atom. The molecule has 4 bridgehead atoms. The Kier molecular flexibility index (Phi) is 8.16. The Bertz CT molecular complexity index is 1560. The molecule has 0 amide bonds. The van der Waals surface area contributed by atoms with Gasteiger partial charge in [0.25, 0.3) is 10.0 Å². The number of nitrogens with one attached hydrogen (secondary N) is 1. The predicted molar refractivity (Wildman–Crippen MR) is 149 cm³/mol. The maximum Gasteiger partial charge on any atom is 0.418 e. The van der Waals surface area contributed by atoms with Crippen molar-refractivity contribution in [2.45, 2.75) is 69.4 Å². The standard InChI is InChI=1S/C29H33F3N4O3S/c1-21(37)11-10-20-36-19-8-4-2-3-5-12-22-13-6-7-14-23(22)28-24(29(30,31)32)17-18-25(33-28)35-40(38,39)27-16-9-15-26(36)34-27/h6-7,9,13-18H,2-5,8,10-12,19-20H2,1H3,(H,33,35)/i5D,12D,20D. The third-order valence-corrected chi connectivity index (χ3v) is 7.60. The highest BCUT2D eigenvalue weighted by molar-refractivity contribution is 7.92. The van der Waals surface area contributed by atoms with Crippen LogP contribution in [-0.2, 0) is 27.4 Å². The molecule has 1 aliphatic heterocycles. The quantitative estimate of drug-likeness (QED) is 0.374. The van der Waals surface area contributed by atoms with Gasteiger partial charge in [0.05, 0.1) is 11.3 Å². The molecule has 40 heavy (non-hydrogen) atoms. The molecule has 3 atom stereocenters. The van der Waals surface area contributed by atoms with E-state index in [0.29, 0.717) is 32.2 Å². The van der Waals surface area contributed by atoms with Crippen molar-refractivity contribution in [1.82, 2.24) is 9.97 Å². The number of carbonyl (C=O) groups is 1. The molecule has 1 aromatic carbocycles. The summed E-state index contributed by atoms with van der Waals surface area (Å²) in [4.78, 5) is 21.5. The molecular weight excluding hydrogens is 541 g/mol. The largest absolute Gasteiger partial charge is 0.418 e. The molecule has 0 aliphatic carbocycles. The minimum atomic E-state index is -4.82. The molecule has 214 valence electrons. The summed E-state index contributed by atoms with van der Waals surface area (Å²) >= 11 is 0. The summed E-state index contributed by atoms with van der Waals surface area (Å²) in [5, 5.41) is -0.415. The zero-order valence-corrected chi connectivity index (χ0v) is 22.8. The van der Waals surface area contributed by atoms with E-state index in [1.165, 1.54) is 37.3 Å². The molecule has 0 saturated carbocycles. The third-order valence-electron chi connectivity index (χ3n) is 6.35. The van der Waals surface area contributed by atoms with Gasteiger partial charge >= 0.3 is 6.18 Å². The van der Waals surface area contributed by atoms with Gasteiger partial charge in [-0.25, -0.2) is 9.97 Å². The summed E-state index contributed by atoms with van der Waals surface area (Å²) in [5.41, 5.74) is -1.47. The van der Waals surface area contributed by atoms with Crippen molar-refractivity contribution in [2.24, 2.45) is 0 Å². The van der Waals surface area contributed by atoms with E-state index in [1.54, 1.807) is 17.0 Å². The van der Waals surface area contributed by atoms with Crippen LogP contribution in [0, 0.1) is 0 Å². The van der Waals surface area contributed by atoms with Crippen molar-refractivity contribution in [3.05, 3.63) is 65.7 Å². The summed E-state index contributed by atoms with van der Waals surface area (Å²) in [5.74, 6) is -0.262. The molecular formula is C29H33F3N4O3S. The highest BCUT2D eigenvalue weighted by Gasteiger charge is 2.35. The number of ketones is 1. The number of sulfonamides is 1. The first-order valence-corrected chi connectivity index (χ1v) is 14.5. The summed E-state index contributed by atoms with van der Waals surface area (Å²) in [6.07, 6.45) is -4.49. The Hall–Kier alpha value is -3.47. The topological polar surface area (TPSA) is 92.3 Å². The minimum absolute atomic E-state index is 0.00273. The molecule has 2 aromatic heterocycles. The maximum atomic E-state index is 14.1. The smallest absolute Gasteiger partial charge is 0.357 e. The fourth-order valence-corrected chi connectivity index (χ4v) is 5.33. The number of rotatable bonds is 4. The number of anilines is 2. The molecule has 3 unspecified atom stereocenters. The number of aromatic nitrogens is 2. The van der Waals surface area contributed by atoms with Crippen LogP contribution in [0.25, 0.3) is 11.3 Å². The number of fused-ring (bicyclic) bond motifs is 6. The second-order valence-electron chi connectivity index (χ2n) is 9.49. The predicted octanol–water partition coefficient (Wildman–Crippen LogP) is 6.65. The van der Waals surface area contributed by atoms with Gasteiger partial charge in [0.15, 0.2) is 5.03 Å². The average Bonchev–Trinajstić information content (AvgIpc) is 2.96. The molecule has 3 heterocycles. The lowest BCUT2D eigenvalue weighted by molar-refractivity contribution is -0.137. The SMILES string of the molecule is [2H]C1CCCCCN(C([2H])CCC(C)=O)c2cccc(n2)S(=O)(=O)Nc2ccc(C(F)(F)F)c(n2)-c2ccccc2C1[2H]. The number of hydrogen-bond acceptors (Lipinski definition) is 6. The van der Waals surface area contributed by atoms with Crippen LogP contribution in [0.15, 0.2) is 59.6 Å². The van der Waals surface area contributed by atoms with Crippen molar-refractivity contribution in [3.8, 4) is 11.3 Å². The Morgan fingerprint density at radius 3 is 2.60 bits per heavy atom. The summed E-state index contributed by atoms with van der Waals surface area (Å²) < 4.78 is 97.3. The number of nitrogens with zero attached hydrogens (tertiary/aromatic N) is 3. The lowest BCUT2D eigenvalue weighted by Gasteiger charge is -2.24. The van der Waals surface area contributed by atoms with Crippen molar-refractivity contribution in [1.29, 1.82) is 0 Å². The number of benzene rings is 1. The first-order chi connectivity index (χ1) is 20.3. The first-order valence-electron chi connectivity index (χ1n) is 14.7. The van der Waals surface area contributed by atoms with Crippen LogP contribution in [0.3, 0.4) is 0 Å². The van der Waals surface area contributed by atoms with Crippen molar-refractivity contribution in [2.75, 3.05) is 22.7 Å². The fraction of sp³-hybridized carbons (Fsp3) is 0.414. The van der Waals surface area contributed by atoms with Crippen LogP contribution in [-0.4, -0.2) is 37.2 Å². The Morgan fingerprint density at radius 1 is 1.05 bits per heavy atom. The van der Waals surface area contributed by atoms with E-state index in [-0.39, 0.29) is 41.4 Å². The van der Waals surface area contributed by atoms with Crippen LogP contribution >= 0.6 is 0 Å². The van der Waals surface area contributed by atoms with Gasteiger partial charge in [-0.15, -0.1) is 0 Å². The molecule has 0 saturated heterocycles.